The van der Waals surface area contributed by atoms with Crippen molar-refractivity contribution in [3.63, 3.8) is 0 Å². The molecule has 7 heteroatoms. The maximum atomic E-state index is 5.93. The number of nitrogens with zero attached hydrogens (tertiary/aromatic N) is 4. The predicted molar refractivity (Wildman–Crippen MR) is 94.1 cm³/mol. The lowest BCUT2D eigenvalue weighted by molar-refractivity contribution is -0.0192. The molecular formula is C18H19ClN4O2. The first-order valence-electron chi connectivity index (χ1n) is 8.22. The van der Waals surface area contributed by atoms with Gasteiger partial charge in [-0.15, -0.1) is 0 Å². The Balaban J connectivity index is 1.52. The fraction of sp³-hybridized carbons (Fsp3) is 0.333. The number of benzene rings is 1. The summed E-state index contributed by atoms with van der Waals surface area (Å²) in [5.74, 6) is 1.18. The van der Waals surface area contributed by atoms with Gasteiger partial charge in [-0.25, -0.2) is 0 Å². The molecule has 25 heavy (non-hydrogen) atoms. The van der Waals surface area contributed by atoms with Crippen LogP contribution in [0, 0.1) is 0 Å². The van der Waals surface area contributed by atoms with Crippen LogP contribution in [-0.4, -0.2) is 39.4 Å². The number of aryl methyl sites for hydroxylation is 1. The summed E-state index contributed by atoms with van der Waals surface area (Å²) in [6.07, 6.45) is 2.05. The summed E-state index contributed by atoms with van der Waals surface area (Å²) < 4.78 is 13.3. The lowest BCUT2D eigenvalue weighted by atomic mass is 10.1. The van der Waals surface area contributed by atoms with Crippen molar-refractivity contribution in [2.24, 2.45) is 7.05 Å². The molecule has 0 spiro atoms. The lowest BCUT2D eigenvalue weighted by Crippen LogP contribution is -2.39. The van der Waals surface area contributed by atoms with Crippen molar-refractivity contribution in [2.75, 3.05) is 19.8 Å². The Bertz CT molecular complexity index is 843. The minimum Gasteiger partial charge on any atom is -0.378 e. The first-order chi connectivity index (χ1) is 12.2. The van der Waals surface area contributed by atoms with Crippen molar-refractivity contribution >= 4 is 11.6 Å². The van der Waals surface area contributed by atoms with Gasteiger partial charge in [0, 0.05) is 36.1 Å². The molecule has 1 aromatic carbocycles. The van der Waals surface area contributed by atoms with Crippen LogP contribution in [0.1, 0.15) is 17.6 Å². The van der Waals surface area contributed by atoms with E-state index in [1.807, 2.05) is 43.6 Å². The van der Waals surface area contributed by atoms with Crippen LogP contribution in [0.4, 0.5) is 0 Å². The van der Waals surface area contributed by atoms with Crippen molar-refractivity contribution in [3.05, 3.63) is 59.2 Å². The van der Waals surface area contributed by atoms with Gasteiger partial charge in [0.05, 0.1) is 25.8 Å². The zero-order chi connectivity index (χ0) is 17.2. The van der Waals surface area contributed by atoms with Crippen LogP contribution >= 0.6 is 11.6 Å². The lowest BCUT2D eigenvalue weighted by Gasteiger charge is -2.34. The van der Waals surface area contributed by atoms with Gasteiger partial charge >= 0.3 is 0 Å². The molecule has 1 aliphatic rings. The average molecular weight is 359 g/mol. The largest absolute Gasteiger partial charge is 0.378 e. The van der Waals surface area contributed by atoms with E-state index in [1.54, 1.807) is 0 Å². The Kier molecular flexibility index (Phi) is 4.57. The maximum absolute atomic E-state index is 5.93. The van der Waals surface area contributed by atoms with Gasteiger partial charge in [0.2, 0.25) is 11.7 Å². The van der Waals surface area contributed by atoms with E-state index in [2.05, 4.69) is 25.7 Å². The molecule has 0 aliphatic carbocycles. The fourth-order valence-electron chi connectivity index (χ4n) is 3.13. The van der Waals surface area contributed by atoms with Gasteiger partial charge in [-0.1, -0.05) is 16.8 Å². The number of rotatable bonds is 4. The quantitative estimate of drug-likeness (QED) is 0.716. The first-order valence-corrected chi connectivity index (χ1v) is 8.60. The van der Waals surface area contributed by atoms with Crippen molar-refractivity contribution in [3.8, 4) is 11.4 Å². The summed E-state index contributed by atoms with van der Waals surface area (Å²) in [5.41, 5.74) is 2.11. The van der Waals surface area contributed by atoms with E-state index in [0.717, 1.165) is 12.1 Å². The Morgan fingerprint density at radius 1 is 1.24 bits per heavy atom. The van der Waals surface area contributed by atoms with Crippen LogP contribution in [0.2, 0.25) is 5.02 Å². The average Bonchev–Trinajstić information content (AvgIpc) is 3.25. The van der Waals surface area contributed by atoms with E-state index in [9.17, 15) is 0 Å². The molecule has 1 saturated heterocycles. The molecule has 1 atom stereocenters. The van der Waals surface area contributed by atoms with Gasteiger partial charge in [0.15, 0.2) is 0 Å². The van der Waals surface area contributed by atoms with Crippen LogP contribution in [-0.2, 0) is 18.3 Å². The van der Waals surface area contributed by atoms with Crippen LogP contribution in [0.25, 0.3) is 11.4 Å². The number of hydrogen-bond donors (Lipinski definition) is 0. The fourth-order valence-corrected chi connectivity index (χ4v) is 3.26. The molecule has 0 radical (unpaired) electrons. The van der Waals surface area contributed by atoms with Gasteiger partial charge in [-0.3, -0.25) is 4.90 Å². The van der Waals surface area contributed by atoms with Gasteiger partial charge in [0.1, 0.15) is 0 Å². The number of hydrogen-bond acceptors (Lipinski definition) is 5. The summed E-state index contributed by atoms with van der Waals surface area (Å²) >= 11 is 5.93. The maximum Gasteiger partial charge on any atom is 0.241 e. The zero-order valence-corrected chi connectivity index (χ0v) is 14.7. The number of halogens is 1. The summed E-state index contributed by atoms with van der Waals surface area (Å²) in [6.45, 7) is 2.80. The molecule has 0 amide bonds. The van der Waals surface area contributed by atoms with E-state index < -0.39 is 0 Å². The second-order valence-electron chi connectivity index (χ2n) is 6.12. The number of ether oxygens (including phenoxy) is 1. The van der Waals surface area contributed by atoms with Crippen molar-refractivity contribution in [2.45, 2.75) is 12.6 Å². The second kappa shape index (κ2) is 7.00. The van der Waals surface area contributed by atoms with E-state index >= 15 is 0 Å². The van der Waals surface area contributed by atoms with Gasteiger partial charge < -0.3 is 13.8 Å². The van der Waals surface area contributed by atoms with E-state index in [0.29, 0.717) is 36.5 Å². The zero-order valence-electron chi connectivity index (χ0n) is 13.9. The Morgan fingerprint density at radius 2 is 2.08 bits per heavy atom. The summed E-state index contributed by atoms with van der Waals surface area (Å²) in [4.78, 5) is 6.85. The third-order valence-electron chi connectivity index (χ3n) is 4.47. The minimum atomic E-state index is 0.180. The highest BCUT2D eigenvalue weighted by molar-refractivity contribution is 6.30. The third-order valence-corrected chi connectivity index (χ3v) is 4.73. The molecule has 0 saturated carbocycles. The molecular weight excluding hydrogens is 340 g/mol. The molecule has 3 heterocycles. The van der Waals surface area contributed by atoms with Crippen molar-refractivity contribution < 1.29 is 9.26 Å². The van der Waals surface area contributed by atoms with Crippen LogP contribution in [0.3, 0.4) is 0 Å². The standard InChI is InChI=1S/C18H19ClN4O2/c1-22-8-2-3-15(22)16-12-24-10-9-23(16)11-17-20-18(21-25-17)13-4-6-14(19)7-5-13/h2-8,16H,9-12H2,1H3/t16-/m1/s1. The van der Waals surface area contributed by atoms with Crippen LogP contribution in [0.15, 0.2) is 47.1 Å². The highest BCUT2D eigenvalue weighted by Gasteiger charge is 2.27. The molecule has 0 bridgehead atoms. The summed E-state index contributed by atoms with van der Waals surface area (Å²) in [7, 11) is 2.05. The molecule has 1 fully saturated rings. The Labute approximate surface area is 151 Å². The smallest absolute Gasteiger partial charge is 0.241 e. The normalized spacial score (nSPS) is 18.6. The predicted octanol–water partition coefficient (Wildman–Crippen LogP) is 3.30. The topological polar surface area (TPSA) is 56.3 Å². The molecule has 0 N–H and O–H groups in total. The highest BCUT2D eigenvalue weighted by atomic mass is 35.5. The molecule has 130 valence electrons. The number of aromatic nitrogens is 3. The SMILES string of the molecule is Cn1cccc1[C@H]1COCCN1Cc1nc(-c2ccc(Cl)cc2)no1. The molecule has 6 nitrogen and oxygen atoms in total. The molecule has 0 unspecified atom stereocenters. The molecule has 4 rings (SSSR count). The molecule has 2 aromatic heterocycles. The van der Waals surface area contributed by atoms with Crippen LogP contribution in [0.5, 0.6) is 0 Å². The Hall–Kier alpha value is -2.15. The third kappa shape index (κ3) is 3.46. The summed E-state index contributed by atoms with van der Waals surface area (Å²) in [6, 6.07) is 11.8. The van der Waals surface area contributed by atoms with E-state index in [4.69, 9.17) is 20.9 Å². The van der Waals surface area contributed by atoms with Gasteiger partial charge in [-0.2, -0.15) is 4.98 Å². The first kappa shape index (κ1) is 16.3. The number of morpholine rings is 1. The summed E-state index contributed by atoms with van der Waals surface area (Å²) in [5, 5.41) is 4.78. The minimum absolute atomic E-state index is 0.180. The monoisotopic (exact) mass is 358 g/mol. The highest BCUT2D eigenvalue weighted by Crippen LogP contribution is 2.26. The van der Waals surface area contributed by atoms with Gasteiger partial charge in [0.25, 0.3) is 0 Å². The van der Waals surface area contributed by atoms with Crippen molar-refractivity contribution in [1.82, 2.24) is 19.6 Å². The van der Waals surface area contributed by atoms with Gasteiger partial charge in [-0.05, 0) is 36.4 Å². The molecule has 1 aliphatic heterocycles. The second-order valence-corrected chi connectivity index (χ2v) is 6.56. The van der Waals surface area contributed by atoms with Crippen molar-refractivity contribution in [1.29, 1.82) is 0 Å². The van der Waals surface area contributed by atoms with E-state index in [1.165, 1.54) is 5.69 Å². The Morgan fingerprint density at radius 3 is 2.84 bits per heavy atom. The van der Waals surface area contributed by atoms with Crippen LogP contribution < -0.4 is 0 Å². The molecule has 3 aromatic rings. The van der Waals surface area contributed by atoms with E-state index in [-0.39, 0.29) is 6.04 Å².